The van der Waals surface area contributed by atoms with Gasteiger partial charge in [-0.25, -0.2) is 8.42 Å². The molecule has 2 heterocycles. The minimum atomic E-state index is -3.20. The molecule has 1 aliphatic heterocycles. The summed E-state index contributed by atoms with van der Waals surface area (Å²) in [5, 5.41) is 7.45. The molecule has 0 radical (unpaired) electrons. The van der Waals surface area contributed by atoms with E-state index in [2.05, 4.69) is 22.4 Å². The summed E-state index contributed by atoms with van der Waals surface area (Å²) in [5.74, 6) is 1.05. The Labute approximate surface area is 142 Å². The molecule has 1 saturated heterocycles. The highest BCUT2D eigenvalue weighted by Gasteiger charge is 2.34. The zero-order valence-corrected chi connectivity index (χ0v) is 14.7. The third-order valence-corrected chi connectivity index (χ3v) is 5.19. The van der Waals surface area contributed by atoms with Crippen LogP contribution in [0, 0.1) is 0 Å². The van der Waals surface area contributed by atoms with E-state index < -0.39 is 9.84 Å². The number of nitrogens with zero attached hydrogens (tertiary/aromatic N) is 2. The van der Waals surface area contributed by atoms with Gasteiger partial charge in [-0.15, -0.1) is 12.4 Å². The normalized spacial score (nSPS) is 21.7. The molecule has 0 saturated carbocycles. The first-order chi connectivity index (χ1) is 10.4. The summed E-state index contributed by atoms with van der Waals surface area (Å²) in [6.07, 6.45) is 4.43. The van der Waals surface area contributed by atoms with Crippen LogP contribution in [0.1, 0.15) is 32.1 Å². The lowest BCUT2D eigenvalue weighted by molar-refractivity contribution is 0.207. The highest BCUT2D eigenvalue weighted by atomic mass is 35.5. The van der Waals surface area contributed by atoms with Crippen LogP contribution in [0.5, 0.6) is 0 Å². The van der Waals surface area contributed by atoms with E-state index in [0.29, 0.717) is 11.7 Å². The van der Waals surface area contributed by atoms with Crippen molar-refractivity contribution >= 4 is 22.2 Å². The molecule has 1 unspecified atom stereocenters. The number of aromatic nitrogens is 2. The Morgan fingerprint density at radius 1 is 1.22 bits per heavy atom. The van der Waals surface area contributed by atoms with Crippen LogP contribution in [-0.2, 0) is 15.4 Å². The second kappa shape index (κ2) is 6.59. The van der Waals surface area contributed by atoms with Gasteiger partial charge < -0.3 is 9.84 Å². The van der Waals surface area contributed by atoms with Crippen molar-refractivity contribution in [3.8, 4) is 11.4 Å². The monoisotopic (exact) mass is 357 g/mol. The number of rotatable bonds is 3. The Balaban J connectivity index is 0.00000192. The molecule has 0 spiro atoms. The Morgan fingerprint density at radius 3 is 2.48 bits per heavy atom. The molecule has 1 aromatic carbocycles. The lowest BCUT2D eigenvalue weighted by atomic mass is 9.91. The fourth-order valence-corrected chi connectivity index (χ4v) is 3.29. The Kier molecular flexibility index (Phi) is 5.13. The maximum atomic E-state index is 11.5. The molecule has 3 rings (SSSR count). The van der Waals surface area contributed by atoms with Crippen molar-refractivity contribution in [2.75, 3.05) is 12.8 Å². The zero-order valence-electron chi connectivity index (χ0n) is 13.1. The van der Waals surface area contributed by atoms with Gasteiger partial charge in [0.1, 0.15) is 0 Å². The van der Waals surface area contributed by atoms with Gasteiger partial charge in [0.15, 0.2) is 9.84 Å². The summed E-state index contributed by atoms with van der Waals surface area (Å²) in [6, 6.07) is 6.51. The van der Waals surface area contributed by atoms with Gasteiger partial charge in [-0.1, -0.05) is 5.16 Å². The van der Waals surface area contributed by atoms with E-state index in [4.69, 9.17) is 4.52 Å². The molecule has 126 valence electrons. The molecule has 1 N–H and O–H groups in total. The van der Waals surface area contributed by atoms with Crippen LogP contribution in [0.2, 0.25) is 0 Å². The Morgan fingerprint density at radius 2 is 1.91 bits per heavy atom. The van der Waals surface area contributed by atoms with Crippen LogP contribution in [0.25, 0.3) is 11.4 Å². The highest BCUT2D eigenvalue weighted by molar-refractivity contribution is 7.90. The number of hydrogen-bond donors (Lipinski definition) is 1. The molecule has 0 aliphatic carbocycles. The molecule has 6 nitrogen and oxygen atoms in total. The van der Waals surface area contributed by atoms with Crippen LogP contribution >= 0.6 is 12.4 Å². The van der Waals surface area contributed by atoms with Crippen molar-refractivity contribution in [3.63, 3.8) is 0 Å². The van der Waals surface area contributed by atoms with Crippen LogP contribution in [0.3, 0.4) is 0 Å². The van der Waals surface area contributed by atoms with E-state index in [1.807, 2.05) is 0 Å². The summed E-state index contributed by atoms with van der Waals surface area (Å²) in [5.41, 5.74) is 0.456. The number of piperidine rings is 1. The van der Waals surface area contributed by atoms with Crippen molar-refractivity contribution in [3.05, 3.63) is 30.2 Å². The lowest BCUT2D eigenvalue weighted by Crippen LogP contribution is -2.43. The van der Waals surface area contributed by atoms with Gasteiger partial charge in [0.05, 0.1) is 10.4 Å². The first-order valence-electron chi connectivity index (χ1n) is 7.28. The average molecular weight is 358 g/mol. The Hall–Kier alpha value is -1.44. The van der Waals surface area contributed by atoms with Crippen LogP contribution in [0.4, 0.5) is 0 Å². The van der Waals surface area contributed by atoms with Crippen molar-refractivity contribution in [2.45, 2.75) is 36.6 Å². The summed E-state index contributed by atoms with van der Waals surface area (Å²) in [7, 11) is -3.20. The fraction of sp³-hybridized carbons (Fsp3) is 0.467. The maximum absolute atomic E-state index is 11.5. The predicted molar refractivity (Wildman–Crippen MR) is 89.3 cm³/mol. The molecule has 2 aromatic rings. The topological polar surface area (TPSA) is 85.1 Å². The number of hydrogen-bond acceptors (Lipinski definition) is 6. The van der Waals surface area contributed by atoms with Crippen molar-refractivity contribution in [1.82, 2.24) is 15.5 Å². The number of nitrogens with one attached hydrogen (secondary N) is 1. The molecule has 8 heteroatoms. The van der Waals surface area contributed by atoms with Crippen molar-refractivity contribution in [1.29, 1.82) is 0 Å². The van der Waals surface area contributed by atoms with Gasteiger partial charge in [0.2, 0.25) is 11.7 Å². The third kappa shape index (κ3) is 3.73. The second-order valence-corrected chi connectivity index (χ2v) is 7.95. The smallest absolute Gasteiger partial charge is 0.246 e. The number of sulfone groups is 1. The van der Waals surface area contributed by atoms with Crippen LogP contribution in [-0.4, -0.2) is 31.4 Å². The SMILES string of the molecule is CC1(c2nc(-c3ccc(S(C)(=O)=O)cc3)no2)CCCCN1.Cl. The average Bonchev–Trinajstić information content (AvgIpc) is 2.98. The molecule has 1 aromatic heterocycles. The lowest BCUT2D eigenvalue weighted by Gasteiger charge is -2.31. The largest absolute Gasteiger partial charge is 0.337 e. The van der Waals surface area contributed by atoms with E-state index in [-0.39, 0.29) is 22.8 Å². The van der Waals surface area contributed by atoms with Crippen LogP contribution in [0.15, 0.2) is 33.7 Å². The van der Waals surface area contributed by atoms with E-state index in [9.17, 15) is 8.42 Å². The van der Waals surface area contributed by atoms with Gasteiger partial charge >= 0.3 is 0 Å². The summed E-state index contributed by atoms with van der Waals surface area (Å²) >= 11 is 0. The minimum Gasteiger partial charge on any atom is -0.337 e. The molecule has 0 amide bonds. The predicted octanol–water partition coefficient (Wildman–Crippen LogP) is 2.55. The van der Waals surface area contributed by atoms with E-state index >= 15 is 0 Å². The van der Waals surface area contributed by atoms with Crippen molar-refractivity contribution in [2.24, 2.45) is 0 Å². The molecular weight excluding hydrogens is 338 g/mol. The minimum absolute atomic E-state index is 0. The molecule has 1 aliphatic rings. The van der Waals surface area contributed by atoms with Gasteiger partial charge in [-0.3, -0.25) is 0 Å². The van der Waals surface area contributed by atoms with Crippen molar-refractivity contribution < 1.29 is 12.9 Å². The summed E-state index contributed by atoms with van der Waals surface area (Å²) in [4.78, 5) is 4.76. The first-order valence-corrected chi connectivity index (χ1v) is 9.17. The highest BCUT2D eigenvalue weighted by Crippen LogP contribution is 2.30. The zero-order chi connectivity index (χ0) is 15.8. The summed E-state index contributed by atoms with van der Waals surface area (Å²) in [6.45, 7) is 3.01. The van der Waals surface area contributed by atoms with E-state index in [1.54, 1.807) is 24.3 Å². The van der Waals surface area contributed by atoms with Crippen LogP contribution < -0.4 is 5.32 Å². The maximum Gasteiger partial charge on any atom is 0.246 e. The Bertz CT molecular complexity index is 766. The van der Waals surface area contributed by atoms with Gasteiger partial charge in [-0.2, -0.15) is 4.98 Å². The standard InChI is InChI=1S/C15H19N3O3S.ClH/c1-15(9-3-4-10-16-15)14-17-13(18-21-14)11-5-7-12(8-6-11)22(2,19)20;/h5-8,16H,3-4,9-10H2,1-2H3;1H. The van der Waals surface area contributed by atoms with E-state index in [0.717, 1.165) is 31.4 Å². The fourth-order valence-electron chi connectivity index (χ4n) is 2.65. The first kappa shape index (κ1) is 17.9. The molecule has 0 bridgehead atoms. The molecule has 23 heavy (non-hydrogen) atoms. The third-order valence-electron chi connectivity index (χ3n) is 4.06. The van der Waals surface area contributed by atoms with E-state index in [1.165, 1.54) is 6.26 Å². The van der Waals surface area contributed by atoms with Gasteiger partial charge in [0.25, 0.3) is 0 Å². The molecule has 1 fully saturated rings. The van der Waals surface area contributed by atoms with Gasteiger partial charge in [-0.05, 0) is 57.0 Å². The number of halogens is 1. The summed E-state index contributed by atoms with van der Waals surface area (Å²) < 4.78 is 28.4. The second-order valence-electron chi connectivity index (χ2n) is 5.94. The quantitative estimate of drug-likeness (QED) is 0.908. The number of benzene rings is 1. The molecule has 1 atom stereocenters. The van der Waals surface area contributed by atoms with Gasteiger partial charge in [0, 0.05) is 11.8 Å². The molecular formula is C15H20ClN3O3S.